The molecule has 86 valence electrons. The highest BCUT2D eigenvalue weighted by atomic mass is 35.5. The Morgan fingerprint density at radius 3 is 2.73 bits per heavy atom. The number of rotatable bonds is 4. The number of aliphatic hydroxyl groups is 1. The van der Waals surface area contributed by atoms with E-state index in [2.05, 4.69) is 10.6 Å². The molecule has 1 heterocycles. The van der Waals surface area contributed by atoms with Gasteiger partial charge >= 0.3 is 0 Å². The number of hydrogen-bond donors (Lipinski definition) is 3. The van der Waals surface area contributed by atoms with Crippen molar-refractivity contribution in [2.45, 2.75) is 13.0 Å². The molecule has 0 saturated carbocycles. The monoisotopic (exact) mass is 250 g/mol. The normalized spacial score (nSPS) is 11.4. The van der Waals surface area contributed by atoms with Gasteiger partial charge in [0.05, 0.1) is 16.0 Å². The Bertz CT molecular complexity index is 315. The van der Waals surface area contributed by atoms with Gasteiger partial charge in [-0.25, -0.2) is 0 Å². The summed E-state index contributed by atoms with van der Waals surface area (Å²) in [5.74, 6) is -0.141. The second kappa shape index (κ2) is 6.66. The average molecular weight is 251 g/mol. The second-order valence-corrected chi connectivity index (χ2v) is 4.06. The van der Waals surface area contributed by atoms with E-state index in [1.165, 1.54) is 11.3 Å². The molecule has 0 aromatic carbocycles. The second-order valence-electron chi connectivity index (χ2n) is 2.97. The molecule has 0 fully saturated rings. The summed E-state index contributed by atoms with van der Waals surface area (Å²) in [6, 6.07) is 3.61. The number of carbonyl (C=O) groups excluding carboxylic acids is 1. The summed E-state index contributed by atoms with van der Waals surface area (Å²) < 4.78 is 0. The van der Waals surface area contributed by atoms with Crippen molar-refractivity contribution < 1.29 is 9.90 Å². The largest absolute Gasteiger partial charge is 0.392 e. The van der Waals surface area contributed by atoms with Gasteiger partial charge in [0.15, 0.2) is 0 Å². The number of anilines is 1. The lowest BCUT2D eigenvalue weighted by molar-refractivity contribution is 0.0928. The van der Waals surface area contributed by atoms with Crippen LogP contribution in [0.1, 0.15) is 16.6 Å². The van der Waals surface area contributed by atoms with Crippen LogP contribution >= 0.6 is 23.7 Å². The first-order valence-electron chi connectivity index (χ1n) is 4.37. The molecular formula is C9H15ClN2O2S. The summed E-state index contributed by atoms with van der Waals surface area (Å²) in [6.07, 6.45) is -0.511. The van der Waals surface area contributed by atoms with E-state index in [0.29, 0.717) is 4.88 Å². The van der Waals surface area contributed by atoms with Crippen LogP contribution < -0.4 is 10.6 Å². The van der Waals surface area contributed by atoms with Crippen LogP contribution in [0, 0.1) is 0 Å². The quantitative estimate of drug-likeness (QED) is 0.756. The minimum atomic E-state index is -0.511. The first kappa shape index (κ1) is 14.2. The number of aliphatic hydroxyl groups excluding tert-OH is 1. The summed E-state index contributed by atoms with van der Waals surface area (Å²) >= 11 is 1.39. The van der Waals surface area contributed by atoms with Gasteiger partial charge in [0.25, 0.3) is 5.91 Å². The summed E-state index contributed by atoms with van der Waals surface area (Å²) in [4.78, 5) is 12.1. The van der Waals surface area contributed by atoms with Crippen molar-refractivity contribution in [2.75, 3.05) is 18.9 Å². The molecule has 0 radical (unpaired) electrons. The molecule has 0 aliphatic carbocycles. The Morgan fingerprint density at radius 1 is 1.60 bits per heavy atom. The van der Waals surface area contributed by atoms with Gasteiger partial charge in [0, 0.05) is 13.6 Å². The zero-order valence-corrected chi connectivity index (χ0v) is 10.2. The maximum atomic E-state index is 11.4. The summed E-state index contributed by atoms with van der Waals surface area (Å²) in [7, 11) is 1.81. The number of nitrogens with one attached hydrogen (secondary N) is 2. The standard InChI is InChI=1S/C9H14N2O2S.ClH/c1-6(12)5-11-9(13)7-3-4-8(10-2)14-7;/h3-4,6,10,12H,5H2,1-2H3,(H,11,13);1H/t6-;/m0./s1. The molecule has 6 heteroatoms. The number of hydrogen-bond acceptors (Lipinski definition) is 4. The van der Waals surface area contributed by atoms with E-state index in [9.17, 15) is 4.79 Å². The maximum absolute atomic E-state index is 11.4. The number of amides is 1. The van der Waals surface area contributed by atoms with Crippen molar-refractivity contribution in [1.82, 2.24) is 5.32 Å². The molecule has 1 aromatic heterocycles. The molecule has 0 spiro atoms. The number of halogens is 1. The molecule has 1 atom stereocenters. The van der Waals surface area contributed by atoms with E-state index in [1.54, 1.807) is 13.0 Å². The Morgan fingerprint density at radius 2 is 2.27 bits per heavy atom. The average Bonchev–Trinajstić information content (AvgIpc) is 2.62. The van der Waals surface area contributed by atoms with Gasteiger partial charge in [-0.1, -0.05) is 0 Å². The third-order valence-corrected chi connectivity index (χ3v) is 2.74. The van der Waals surface area contributed by atoms with Crippen LogP contribution in [-0.2, 0) is 0 Å². The molecule has 0 unspecified atom stereocenters. The Kier molecular flexibility index (Phi) is 6.31. The molecule has 0 aliphatic heterocycles. The molecule has 1 amide bonds. The predicted octanol–water partition coefficient (Wildman–Crippen LogP) is 1.32. The lowest BCUT2D eigenvalue weighted by Gasteiger charge is -2.04. The molecule has 1 rings (SSSR count). The minimum absolute atomic E-state index is 0. The van der Waals surface area contributed by atoms with Gasteiger partial charge in [-0.3, -0.25) is 4.79 Å². The van der Waals surface area contributed by atoms with Gasteiger partial charge in [-0.05, 0) is 19.1 Å². The highest BCUT2D eigenvalue weighted by Crippen LogP contribution is 2.20. The third-order valence-electron chi connectivity index (χ3n) is 1.63. The topological polar surface area (TPSA) is 61.4 Å². The van der Waals surface area contributed by atoms with Crippen LogP contribution in [0.2, 0.25) is 0 Å². The van der Waals surface area contributed by atoms with E-state index in [1.807, 2.05) is 13.1 Å². The minimum Gasteiger partial charge on any atom is -0.392 e. The van der Waals surface area contributed by atoms with Crippen molar-refractivity contribution in [3.8, 4) is 0 Å². The van der Waals surface area contributed by atoms with Crippen molar-refractivity contribution in [3.63, 3.8) is 0 Å². The van der Waals surface area contributed by atoms with Crippen LogP contribution in [0.4, 0.5) is 5.00 Å². The van der Waals surface area contributed by atoms with E-state index < -0.39 is 6.10 Å². The predicted molar refractivity (Wildman–Crippen MR) is 65.1 cm³/mol. The molecular weight excluding hydrogens is 236 g/mol. The molecule has 0 aliphatic rings. The van der Waals surface area contributed by atoms with Gasteiger partial charge in [0.2, 0.25) is 0 Å². The first-order valence-corrected chi connectivity index (χ1v) is 5.19. The Labute approximate surface area is 99.1 Å². The van der Waals surface area contributed by atoms with Crippen LogP contribution in [-0.4, -0.2) is 30.7 Å². The van der Waals surface area contributed by atoms with E-state index in [4.69, 9.17) is 5.11 Å². The van der Waals surface area contributed by atoms with E-state index >= 15 is 0 Å². The maximum Gasteiger partial charge on any atom is 0.261 e. The fraction of sp³-hybridized carbons (Fsp3) is 0.444. The molecule has 0 bridgehead atoms. The highest BCUT2D eigenvalue weighted by Gasteiger charge is 2.08. The lowest BCUT2D eigenvalue weighted by atomic mass is 10.4. The van der Waals surface area contributed by atoms with Gasteiger partial charge in [-0.15, -0.1) is 23.7 Å². The zero-order chi connectivity index (χ0) is 10.6. The lowest BCUT2D eigenvalue weighted by Crippen LogP contribution is -2.29. The molecule has 15 heavy (non-hydrogen) atoms. The number of thiophene rings is 1. The summed E-state index contributed by atoms with van der Waals surface area (Å²) in [6.45, 7) is 1.92. The SMILES string of the molecule is CNc1ccc(C(=O)NC[C@H](C)O)s1.Cl. The number of carbonyl (C=O) groups is 1. The van der Waals surface area contributed by atoms with Crippen LogP contribution in [0.15, 0.2) is 12.1 Å². The summed E-state index contributed by atoms with van der Waals surface area (Å²) in [5, 5.41) is 15.5. The van der Waals surface area contributed by atoms with Crippen LogP contribution in [0.3, 0.4) is 0 Å². The molecule has 1 aromatic rings. The Hall–Kier alpha value is -0.780. The smallest absolute Gasteiger partial charge is 0.261 e. The van der Waals surface area contributed by atoms with E-state index in [-0.39, 0.29) is 24.9 Å². The van der Waals surface area contributed by atoms with Crippen molar-refractivity contribution in [1.29, 1.82) is 0 Å². The van der Waals surface area contributed by atoms with Crippen LogP contribution in [0.25, 0.3) is 0 Å². The molecule has 3 N–H and O–H groups in total. The van der Waals surface area contributed by atoms with Gasteiger partial charge < -0.3 is 15.7 Å². The fourth-order valence-electron chi connectivity index (χ4n) is 0.922. The first-order chi connectivity index (χ1) is 6.63. The van der Waals surface area contributed by atoms with Crippen molar-refractivity contribution >= 4 is 34.7 Å². The summed E-state index contributed by atoms with van der Waals surface area (Å²) in [5.41, 5.74) is 0. The molecule has 4 nitrogen and oxygen atoms in total. The van der Waals surface area contributed by atoms with Crippen molar-refractivity contribution in [3.05, 3.63) is 17.0 Å². The van der Waals surface area contributed by atoms with E-state index in [0.717, 1.165) is 5.00 Å². The Balaban J connectivity index is 0.00000196. The highest BCUT2D eigenvalue weighted by molar-refractivity contribution is 7.17. The van der Waals surface area contributed by atoms with Gasteiger partial charge in [-0.2, -0.15) is 0 Å². The molecule has 0 saturated heterocycles. The zero-order valence-electron chi connectivity index (χ0n) is 8.61. The van der Waals surface area contributed by atoms with Crippen molar-refractivity contribution in [2.24, 2.45) is 0 Å². The van der Waals surface area contributed by atoms with Crippen LogP contribution in [0.5, 0.6) is 0 Å². The fourth-order valence-corrected chi connectivity index (χ4v) is 1.70. The third kappa shape index (κ3) is 4.51. The van der Waals surface area contributed by atoms with Gasteiger partial charge in [0.1, 0.15) is 0 Å².